The van der Waals surface area contributed by atoms with Crippen LogP contribution in [0.2, 0.25) is 5.02 Å². The molecule has 1 aliphatic heterocycles. The molecule has 0 N–H and O–H groups in total. The number of carbonyl (C=O) groups is 1. The number of pyridine rings is 1. The summed E-state index contributed by atoms with van der Waals surface area (Å²) < 4.78 is 43.6. The first kappa shape index (κ1) is 20.0. The third kappa shape index (κ3) is 5.15. The number of anilines is 1. The fourth-order valence-corrected chi connectivity index (χ4v) is 3.76. The van der Waals surface area contributed by atoms with Crippen molar-refractivity contribution < 1.29 is 22.7 Å². The van der Waals surface area contributed by atoms with Crippen molar-refractivity contribution >= 4 is 23.4 Å². The number of hydrogen-bond donors (Lipinski definition) is 0. The van der Waals surface area contributed by atoms with Crippen molar-refractivity contribution in [2.75, 3.05) is 24.6 Å². The van der Waals surface area contributed by atoms with Gasteiger partial charge in [0.25, 0.3) is 0 Å². The molecular weight excluding hydrogens is 381 g/mol. The Balaban J connectivity index is 1.51. The number of carbonyl (C=O) groups excluding carboxylic acids is 1. The van der Waals surface area contributed by atoms with Gasteiger partial charge in [-0.3, -0.25) is 4.79 Å². The molecule has 1 fully saturated rings. The summed E-state index contributed by atoms with van der Waals surface area (Å²) in [5.41, 5.74) is -0.868. The number of rotatable bonds is 4. The maximum absolute atomic E-state index is 12.7. The monoisotopic (exact) mass is 402 g/mol. The number of alkyl halides is 3. The fraction of sp³-hybridized carbons (Fsp3) is 0.579. The van der Waals surface area contributed by atoms with Crippen LogP contribution in [0.5, 0.6) is 0 Å². The lowest BCUT2D eigenvalue weighted by Gasteiger charge is -2.32. The Morgan fingerprint density at radius 2 is 2.00 bits per heavy atom. The molecule has 0 saturated carbocycles. The third-order valence-electron chi connectivity index (χ3n) is 5.12. The van der Waals surface area contributed by atoms with E-state index in [0.717, 1.165) is 31.5 Å². The van der Waals surface area contributed by atoms with E-state index in [0.29, 0.717) is 44.3 Å². The van der Waals surface area contributed by atoms with E-state index in [1.807, 2.05) is 4.90 Å². The molecular formula is C19H22ClF3N2O2. The van der Waals surface area contributed by atoms with Gasteiger partial charge in [0.1, 0.15) is 5.82 Å². The summed E-state index contributed by atoms with van der Waals surface area (Å²) in [6.07, 6.45) is 4.76. The molecule has 0 bridgehead atoms. The minimum absolute atomic E-state index is 0.0313. The number of hydrogen-bond acceptors (Lipinski definition) is 4. The van der Waals surface area contributed by atoms with Crippen molar-refractivity contribution in [2.24, 2.45) is 11.8 Å². The Kier molecular flexibility index (Phi) is 6.29. The largest absolute Gasteiger partial charge is 0.465 e. The number of allylic oxidation sites excluding steroid dienone is 2. The Morgan fingerprint density at radius 1 is 1.26 bits per heavy atom. The van der Waals surface area contributed by atoms with E-state index in [4.69, 9.17) is 16.3 Å². The smallest absolute Gasteiger partial charge is 0.417 e. The van der Waals surface area contributed by atoms with Crippen LogP contribution >= 0.6 is 11.6 Å². The average molecular weight is 403 g/mol. The van der Waals surface area contributed by atoms with Crippen molar-refractivity contribution in [1.29, 1.82) is 0 Å². The van der Waals surface area contributed by atoms with Crippen molar-refractivity contribution in [2.45, 2.75) is 38.3 Å². The molecule has 27 heavy (non-hydrogen) atoms. The molecule has 2 aliphatic rings. The highest BCUT2D eigenvalue weighted by Crippen LogP contribution is 2.34. The van der Waals surface area contributed by atoms with Crippen molar-refractivity contribution in [3.63, 3.8) is 0 Å². The minimum Gasteiger partial charge on any atom is -0.465 e. The predicted molar refractivity (Wildman–Crippen MR) is 96.6 cm³/mol. The van der Waals surface area contributed by atoms with Crippen molar-refractivity contribution in [3.8, 4) is 0 Å². The molecule has 1 saturated heterocycles. The van der Waals surface area contributed by atoms with E-state index in [2.05, 4.69) is 17.1 Å². The quantitative estimate of drug-likeness (QED) is 0.532. The fourth-order valence-electron chi connectivity index (χ4n) is 3.47. The van der Waals surface area contributed by atoms with Gasteiger partial charge in [0.15, 0.2) is 0 Å². The second-order valence-corrected chi connectivity index (χ2v) is 7.48. The molecule has 1 atom stereocenters. The van der Waals surface area contributed by atoms with Gasteiger partial charge in [-0.25, -0.2) is 4.98 Å². The Hall–Kier alpha value is -1.76. The van der Waals surface area contributed by atoms with Gasteiger partial charge in [0.2, 0.25) is 0 Å². The topological polar surface area (TPSA) is 42.4 Å². The maximum Gasteiger partial charge on any atom is 0.417 e. The molecule has 8 heteroatoms. The zero-order chi connectivity index (χ0) is 19.4. The third-order valence-corrected chi connectivity index (χ3v) is 5.39. The van der Waals surface area contributed by atoms with Crippen molar-refractivity contribution in [3.05, 3.63) is 35.0 Å². The molecule has 1 aliphatic carbocycles. The summed E-state index contributed by atoms with van der Waals surface area (Å²) in [6.45, 7) is 1.46. The molecule has 0 spiro atoms. The lowest BCUT2D eigenvalue weighted by atomic mass is 9.94. The van der Waals surface area contributed by atoms with Crippen molar-refractivity contribution in [1.82, 2.24) is 4.98 Å². The normalized spacial score (nSPS) is 21.3. The number of nitrogens with zero attached hydrogens (tertiary/aromatic N) is 2. The summed E-state index contributed by atoms with van der Waals surface area (Å²) in [4.78, 5) is 18.0. The molecule has 148 valence electrons. The van der Waals surface area contributed by atoms with E-state index in [1.165, 1.54) is 0 Å². The van der Waals surface area contributed by atoms with Gasteiger partial charge in [0, 0.05) is 19.3 Å². The van der Waals surface area contributed by atoms with Crippen LogP contribution in [-0.4, -0.2) is 30.6 Å². The van der Waals surface area contributed by atoms with Gasteiger partial charge in [-0.2, -0.15) is 13.2 Å². The second kappa shape index (κ2) is 8.50. The van der Waals surface area contributed by atoms with Crippen LogP contribution in [0.15, 0.2) is 24.4 Å². The van der Waals surface area contributed by atoms with Gasteiger partial charge in [-0.15, -0.1) is 0 Å². The molecule has 2 heterocycles. The molecule has 1 aromatic heterocycles. The van der Waals surface area contributed by atoms with Gasteiger partial charge in [-0.05, 0) is 44.1 Å². The molecule has 1 aromatic rings. The predicted octanol–water partition coefficient (Wildman–Crippen LogP) is 4.87. The van der Waals surface area contributed by atoms with Gasteiger partial charge >= 0.3 is 12.1 Å². The number of ether oxygens (including phenoxy) is 1. The van der Waals surface area contributed by atoms with Gasteiger partial charge < -0.3 is 9.64 Å². The van der Waals surface area contributed by atoms with E-state index in [-0.39, 0.29) is 16.9 Å². The van der Waals surface area contributed by atoms with Gasteiger partial charge in [-0.1, -0.05) is 23.8 Å². The van der Waals surface area contributed by atoms with E-state index >= 15 is 0 Å². The Labute approximate surface area is 161 Å². The number of halogens is 4. The molecule has 3 rings (SSSR count). The van der Waals surface area contributed by atoms with Crippen LogP contribution in [0.3, 0.4) is 0 Å². The zero-order valence-electron chi connectivity index (χ0n) is 14.8. The molecule has 4 nitrogen and oxygen atoms in total. The first-order chi connectivity index (χ1) is 12.8. The second-order valence-electron chi connectivity index (χ2n) is 7.07. The van der Waals surface area contributed by atoms with Gasteiger partial charge in [0.05, 0.1) is 23.1 Å². The average Bonchev–Trinajstić information content (AvgIpc) is 2.66. The van der Waals surface area contributed by atoms with Crippen LogP contribution in [-0.2, 0) is 15.7 Å². The lowest BCUT2D eigenvalue weighted by Crippen LogP contribution is -2.38. The SMILES string of the molecule is O=C(OCC1CC=CCC1)C1CCN(c2ncc(C(F)(F)F)cc2Cl)CC1. The number of aromatic nitrogens is 1. The van der Waals surface area contributed by atoms with Crippen LogP contribution in [0.4, 0.5) is 19.0 Å². The summed E-state index contributed by atoms with van der Waals surface area (Å²) in [7, 11) is 0. The van der Waals surface area contributed by atoms with Crippen LogP contribution < -0.4 is 4.90 Å². The first-order valence-corrected chi connectivity index (χ1v) is 9.51. The zero-order valence-corrected chi connectivity index (χ0v) is 15.6. The molecule has 1 unspecified atom stereocenters. The Morgan fingerprint density at radius 3 is 2.59 bits per heavy atom. The van der Waals surface area contributed by atoms with Crippen LogP contribution in [0.25, 0.3) is 0 Å². The number of piperidine rings is 1. The summed E-state index contributed by atoms with van der Waals surface area (Å²) >= 11 is 6.00. The summed E-state index contributed by atoms with van der Waals surface area (Å²) in [5, 5.41) is -0.0313. The minimum atomic E-state index is -4.47. The number of esters is 1. The van der Waals surface area contributed by atoms with Crippen LogP contribution in [0, 0.1) is 11.8 Å². The summed E-state index contributed by atoms with van der Waals surface area (Å²) in [6, 6.07) is 0.892. The molecule has 0 aromatic carbocycles. The lowest BCUT2D eigenvalue weighted by molar-refractivity contribution is -0.150. The van der Waals surface area contributed by atoms with E-state index < -0.39 is 11.7 Å². The Bertz CT molecular complexity index is 701. The molecule has 0 amide bonds. The standard InChI is InChI=1S/C19H22ClF3N2O2/c20-16-10-15(19(21,22)23)11-24-17(16)25-8-6-14(7-9-25)18(26)27-12-13-4-2-1-3-5-13/h1-2,10-11,13-14H,3-9,12H2. The van der Waals surface area contributed by atoms with Crippen LogP contribution in [0.1, 0.15) is 37.7 Å². The molecule has 0 radical (unpaired) electrons. The van der Waals surface area contributed by atoms with E-state index in [9.17, 15) is 18.0 Å². The first-order valence-electron chi connectivity index (χ1n) is 9.14. The highest BCUT2D eigenvalue weighted by Gasteiger charge is 2.33. The maximum atomic E-state index is 12.7. The van der Waals surface area contributed by atoms with E-state index in [1.54, 1.807) is 0 Å². The summed E-state index contributed by atoms with van der Waals surface area (Å²) in [5.74, 6) is 0.351. The highest BCUT2D eigenvalue weighted by atomic mass is 35.5. The highest BCUT2D eigenvalue weighted by molar-refractivity contribution is 6.33.